The molecule has 0 spiro atoms. The van der Waals surface area contributed by atoms with Crippen molar-refractivity contribution in [1.82, 2.24) is 0 Å². The smallest absolute Gasteiger partial charge is 0.0445 e. The summed E-state index contributed by atoms with van der Waals surface area (Å²) >= 11 is 0. The molecule has 0 amide bonds. The number of benzene rings is 1. The molecule has 2 heteroatoms. The van der Waals surface area contributed by atoms with Gasteiger partial charge in [-0.05, 0) is 24.0 Å². The maximum absolute atomic E-state index is 5.75. The number of hydrogen-bond donors (Lipinski definition) is 1. The van der Waals surface area contributed by atoms with Crippen LogP contribution >= 0.6 is 0 Å². The molecule has 0 bridgehead atoms. The normalized spacial score (nSPS) is 14.6. The quantitative estimate of drug-likeness (QED) is 0.789. The van der Waals surface area contributed by atoms with Crippen LogP contribution in [0, 0.1) is 0 Å². The predicted octanol–water partition coefficient (Wildman–Crippen LogP) is 1.92. The van der Waals surface area contributed by atoms with Crippen LogP contribution < -0.4 is 10.6 Å². The van der Waals surface area contributed by atoms with Crippen molar-refractivity contribution in [2.45, 2.75) is 26.3 Å². The highest BCUT2D eigenvalue weighted by molar-refractivity contribution is 5.63. The highest BCUT2D eigenvalue weighted by atomic mass is 15.1. The van der Waals surface area contributed by atoms with Crippen LogP contribution in [0.5, 0.6) is 0 Å². The van der Waals surface area contributed by atoms with Crippen LogP contribution in [0.2, 0.25) is 0 Å². The molecule has 76 valence electrons. The van der Waals surface area contributed by atoms with Crippen molar-refractivity contribution in [3.05, 3.63) is 29.3 Å². The summed E-state index contributed by atoms with van der Waals surface area (Å²) in [7, 11) is 0. The first-order valence-corrected chi connectivity index (χ1v) is 5.42. The number of para-hydroxylation sites is 1. The van der Waals surface area contributed by atoms with Crippen molar-refractivity contribution in [2.75, 3.05) is 18.0 Å². The predicted molar refractivity (Wildman–Crippen MR) is 60.5 cm³/mol. The zero-order valence-electron chi connectivity index (χ0n) is 8.79. The second-order valence-electron chi connectivity index (χ2n) is 3.87. The summed E-state index contributed by atoms with van der Waals surface area (Å²) in [5.41, 5.74) is 9.94. The average molecular weight is 190 g/mol. The fourth-order valence-corrected chi connectivity index (χ4v) is 2.28. The van der Waals surface area contributed by atoms with Crippen LogP contribution in [0.1, 0.15) is 24.5 Å². The van der Waals surface area contributed by atoms with Gasteiger partial charge in [0.25, 0.3) is 0 Å². The van der Waals surface area contributed by atoms with Crippen LogP contribution in [0.25, 0.3) is 0 Å². The van der Waals surface area contributed by atoms with Crippen molar-refractivity contribution in [3.8, 4) is 0 Å². The summed E-state index contributed by atoms with van der Waals surface area (Å²) in [4.78, 5) is 2.47. The molecular formula is C12H18N2. The van der Waals surface area contributed by atoms with E-state index in [-0.39, 0.29) is 0 Å². The molecule has 0 saturated carbocycles. The van der Waals surface area contributed by atoms with E-state index in [1.807, 2.05) is 0 Å². The van der Waals surface area contributed by atoms with E-state index in [9.17, 15) is 0 Å². The lowest BCUT2D eigenvalue weighted by Gasteiger charge is -2.20. The van der Waals surface area contributed by atoms with Gasteiger partial charge in [0.05, 0.1) is 0 Å². The molecule has 2 nitrogen and oxygen atoms in total. The van der Waals surface area contributed by atoms with E-state index >= 15 is 0 Å². The summed E-state index contributed by atoms with van der Waals surface area (Å²) in [6.07, 6.45) is 2.39. The van der Waals surface area contributed by atoms with Gasteiger partial charge in [0.15, 0.2) is 0 Å². The van der Waals surface area contributed by atoms with Gasteiger partial charge in [0.1, 0.15) is 0 Å². The lowest BCUT2D eigenvalue weighted by Crippen LogP contribution is -2.22. The molecule has 1 aliphatic heterocycles. The van der Waals surface area contributed by atoms with Crippen molar-refractivity contribution in [1.29, 1.82) is 0 Å². The van der Waals surface area contributed by atoms with Crippen LogP contribution in [0.4, 0.5) is 5.69 Å². The number of rotatable bonds is 3. The van der Waals surface area contributed by atoms with E-state index in [4.69, 9.17) is 5.73 Å². The summed E-state index contributed by atoms with van der Waals surface area (Å²) in [6.45, 7) is 5.20. The molecule has 2 rings (SSSR count). The Balaban J connectivity index is 2.35. The van der Waals surface area contributed by atoms with Crippen molar-refractivity contribution in [3.63, 3.8) is 0 Å². The Morgan fingerprint density at radius 3 is 3.00 bits per heavy atom. The molecule has 1 heterocycles. The van der Waals surface area contributed by atoms with Gasteiger partial charge < -0.3 is 10.6 Å². The van der Waals surface area contributed by atoms with Crippen LogP contribution in [0.15, 0.2) is 18.2 Å². The Morgan fingerprint density at radius 2 is 2.29 bits per heavy atom. The van der Waals surface area contributed by atoms with Gasteiger partial charge in [-0.2, -0.15) is 0 Å². The minimum absolute atomic E-state index is 0.656. The SMILES string of the molecule is CCCN1CCc2cccc(CN)c21. The highest BCUT2D eigenvalue weighted by Gasteiger charge is 2.20. The molecule has 1 aromatic rings. The molecule has 0 saturated heterocycles. The molecule has 0 unspecified atom stereocenters. The fourth-order valence-electron chi connectivity index (χ4n) is 2.28. The Kier molecular flexibility index (Phi) is 2.73. The van der Waals surface area contributed by atoms with E-state index in [0.717, 1.165) is 6.54 Å². The monoisotopic (exact) mass is 190 g/mol. The Morgan fingerprint density at radius 1 is 1.43 bits per heavy atom. The van der Waals surface area contributed by atoms with Gasteiger partial charge in [0, 0.05) is 25.3 Å². The first-order valence-electron chi connectivity index (χ1n) is 5.42. The van der Waals surface area contributed by atoms with E-state index in [0.29, 0.717) is 6.54 Å². The lowest BCUT2D eigenvalue weighted by molar-refractivity contribution is 0.792. The van der Waals surface area contributed by atoms with Gasteiger partial charge in [-0.15, -0.1) is 0 Å². The summed E-state index contributed by atoms with van der Waals surface area (Å²) in [5.74, 6) is 0. The van der Waals surface area contributed by atoms with E-state index in [1.165, 1.54) is 36.2 Å². The molecule has 2 N–H and O–H groups in total. The average Bonchev–Trinajstić information content (AvgIpc) is 2.62. The highest BCUT2D eigenvalue weighted by Crippen LogP contribution is 2.31. The van der Waals surface area contributed by atoms with E-state index < -0.39 is 0 Å². The molecule has 1 aromatic carbocycles. The zero-order valence-corrected chi connectivity index (χ0v) is 8.79. The summed E-state index contributed by atoms with van der Waals surface area (Å²) in [5, 5.41) is 0. The first-order chi connectivity index (χ1) is 6.86. The molecule has 0 aliphatic carbocycles. The van der Waals surface area contributed by atoms with Gasteiger partial charge in [-0.25, -0.2) is 0 Å². The molecule has 0 radical (unpaired) electrons. The number of nitrogens with two attached hydrogens (primary N) is 1. The third-order valence-corrected chi connectivity index (χ3v) is 2.88. The summed E-state index contributed by atoms with van der Waals surface area (Å²) in [6, 6.07) is 6.49. The van der Waals surface area contributed by atoms with Crippen molar-refractivity contribution in [2.24, 2.45) is 5.73 Å². The van der Waals surface area contributed by atoms with Gasteiger partial charge in [0.2, 0.25) is 0 Å². The second kappa shape index (κ2) is 4.01. The van der Waals surface area contributed by atoms with E-state index in [1.54, 1.807) is 0 Å². The maximum Gasteiger partial charge on any atom is 0.0445 e. The fraction of sp³-hybridized carbons (Fsp3) is 0.500. The topological polar surface area (TPSA) is 29.3 Å². The standard InChI is InChI=1S/C12H18N2/c1-2-7-14-8-6-10-4-3-5-11(9-13)12(10)14/h3-5H,2,6-9,13H2,1H3. The Labute approximate surface area is 85.7 Å². The Hall–Kier alpha value is -1.02. The molecule has 14 heavy (non-hydrogen) atoms. The van der Waals surface area contributed by atoms with Crippen molar-refractivity contribution < 1.29 is 0 Å². The minimum Gasteiger partial charge on any atom is -0.371 e. The van der Waals surface area contributed by atoms with Crippen molar-refractivity contribution >= 4 is 5.69 Å². The number of anilines is 1. The third-order valence-electron chi connectivity index (χ3n) is 2.88. The second-order valence-corrected chi connectivity index (χ2v) is 3.87. The molecule has 0 atom stereocenters. The number of nitrogens with zero attached hydrogens (tertiary/aromatic N) is 1. The minimum atomic E-state index is 0.656. The van der Waals surface area contributed by atoms with Gasteiger partial charge in [-0.1, -0.05) is 25.1 Å². The molecule has 0 fully saturated rings. The lowest BCUT2D eigenvalue weighted by atomic mass is 10.1. The zero-order chi connectivity index (χ0) is 9.97. The van der Waals surface area contributed by atoms with E-state index in [2.05, 4.69) is 30.0 Å². The maximum atomic E-state index is 5.75. The number of hydrogen-bond acceptors (Lipinski definition) is 2. The van der Waals surface area contributed by atoms with Gasteiger partial charge in [-0.3, -0.25) is 0 Å². The largest absolute Gasteiger partial charge is 0.371 e. The van der Waals surface area contributed by atoms with Crippen LogP contribution in [0.3, 0.4) is 0 Å². The molecule has 0 aromatic heterocycles. The van der Waals surface area contributed by atoms with Crippen LogP contribution in [-0.2, 0) is 13.0 Å². The Bertz CT molecular complexity index is 318. The third kappa shape index (κ3) is 1.50. The summed E-state index contributed by atoms with van der Waals surface area (Å²) < 4.78 is 0. The van der Waals surface area contributed by atoms with Crippen LogP contribution in [-0.4, -0.2) is 13.1 Å². The molecular weight excluding hydrogens is 172 g/mol. The first kappa shape index (κ1) is 9.53. The number of fused-ring (bicyclic) bond motifs is 1. The molecule has 1 aliphatic rings. The van der Waals surface area contributed by atoms with Gasteiger partial charge >= 0.3 is 0 Å².